The maximum atomic E-state index is 11.0. The zero-order valence-electron chi connectivity index (χ0n) is 7.76. The number of H-pyrrole nitrogens is 1. The van der Waals surface area contributed by atoms with E-state index >= 15 is 0 Å². The average Bonchev–Trinajstić information content (AvgIpc) is 2.01. The van der Waals surface area contributed by atoms with Gasteiger partial charge in [0.05, 0.1) is 0 Å². The molecule has 62 valence electrons. The summed E-state index contributed by atoms with van der Waals surface area (Å²) < 4.78 is 0. The van der Waals surface area contributed by atoms with Crippen LogP contribution in [0.3, 0.4) is 0 Å². The number of nitrogens with one attached hydrogen (secondary N) is 1. The topological polar surface area (TPSA) is 79.7 Å². The molecule has 0 radical (unpaired) electrons. The number of hydrogen-bond acceptors (Lipinski definition) is 3. The molecule has 5 heteroatoms. The molecule has 0 aliphatic carbocycles. The second-order valence-electron chi connectivity index (χ2n) is 2.52. The van der Waals surface area contributed by atoms with Crippen molar-refractivity contribution in [3.05, 3.63) is 27.0 Å². The molecule has 0 aromatic carbocycles. The molecule has 13 heavy (non-hydrogen) atoms. The van der Waals surface area contributed by atoms with Gasteiger partial charge in [-0.05, 0) is 30.9 Å². The molecule has 1 heterocycles. The molecule has 0 bridgehead atoms. The van der Waals surface area contributed by atoms with Gasteiger partial charge in [0, 0.05) is 0 Å². The molecule has 1 aromatic heterocycles. The normalized spacial score (nSPS) is 8.69. The maximum absolute atomic E-state index is 11.0. The molecule has 0 fully saturated rings. The Kier molecular flexibility index (Phi) is 4.21. The van der Waals surface area contributed by atoms with Gasteiger partial charge in [-0.15, -0.1) is 0 Å². The molecule has 0 saturated carbocycles. The fraction of sp³-hybridized carbons (Fsp3) is 0.250. The molecule has 4 nitrogen and oxygen atoms in total. The van der Waals surface area contributed by atoms with E-state index in [1.807, 2.05) is 0 Å². The summed E-state index contributed by atoms with van der Waals surface area (Å²) >= 11 is 0. The van der Waals surface area contributed by atoms with Crippen LogP contribution in [0.25, 0.3) is 0 Å². The summed E-state index contributed by atoms with van der Waals surface area (Å²) in [5.41, 5.74) is 0.301. The number of hydrogen-bond donors (Lipinski definition) is 1. The van der Waals surface area contributed by atoms with E-state index in [4.69, 9.17) is 5.26 Å². The van der Waals surface area contributed by atoms with Gasteiger partial charge in [-0.25, -0.2) is 0 Å². The van der Waals surface area contributed by atoms with Crippen molar-refractivity contribution in [1.29, 1.82) is 5.26 Å². The van der Waals surface area contributed by atoms with Gasteiger partial charge in [-0.1, -0.05) is 0 Å². The minimum atomic E-state index is -0.606. The molecule has 1 N–H and O–H groups in total. The Labute approximate surface area is 97.5 Å². The average molecular weight is 186 g/mol. The SMILES string of the molecule is Cc1c([O-])[nH]c(=O)c(C#N)c1C.[Na+]. The van der Waals surface area contributed by atoms with E-state index in [9.17, 15) is 9.90 Å². The minimum absolute atomic E-state index is 0. The fourth-order valence-corrected chi connectivity index (χ4v) is 0.922. The molecular formula is C8H7N2NaO2. The van der Waals surface area contributed by atoms with Gasteiger partial charge in [0.25, 0.3) is 5.56 Å². The van der Waals surface area contributed by atoms with Crippen molar-refractivity contribution in [3.8, 4) is 11.9 Å². The Morgan fingerprint density at radius 2 is 1.92 bits per heavy atom. The van der Waals surface area contributed by atoms with Crippen molar-refractivity contribution in [2.24, 2.45) is 0 Å². The van der Waals surface area contributed by atoms with E-state index in [0.717, 1.165) is 0 Å². The van der Waals surface area contributed by atoms with Gasteiger partial charge < -0.3 is 10.1 Å². The van der Waals surface area contributed by atoms with E-state index in [-0.39, 0.29) is 35.1 Å². The van der Waals surface area contributed by atoms with Crippen molar-refractivity contribution < 1.29 is 34.7 Å². The largest absolute Gasteiger partial charge is 1.00 e. The van der Waals surface area contributed by atoms with Crippen molar-refractivity contribution in [2.45, 2.75) is 13.8 Å². The molecule has 0 aliphatic rings. The van der Waals surface area contributed by atoms with E-state index in [1.165, 1.54) is 0 Å². The van der Waals surface area contributed by atoms with Crippen LogP contribution in [0.4, 0.5) is 0 Å². The van der Waals surface area contributed by atoms with Crippen LogP contribution in [0.15, 0.2) is 4.79 Å². The van der Waals surface area contributed by atoms with Crippen molar-refractivity contribution in [3.63, 3.8) is 0 Å². The van der Waals surface area contributed by atoms with Gasteiger partial charge in [-0.3, -0.25) is 4.79 Å². The summed E-state index contributed by atoms with van der Waals surface area (Å²) in [5.74, 6) is -0.420. The van der Waals surface area contributed by atoms with Gasteiger partial charge >= 0.3 is 29.6 Å². The van der Waals surface area contributed by atoms with Gasteiger partial charge in [0.1, 0.15) is 11.6 Å². The van der Waals surface area contributed by atoms with Gasteiger partial charge in [-0.2, -0.15) is 5.26 Å². The Hall–Kier alpha value is -0.760. The van der Waals surface area contributed by atoms with Gasteiger partial charge in [0.15, 0.2) is 0 Å². The van der Waals surface area contributed by atoms with Crippen LogP contribution in [-0.4, -0.2) is 4.98 Å². The Balaban J connectivity index is 0.00000144. The number of nitrogens with zero attached hydrogens (tertiary/aromatic N) is 1. The first-order valence-electron chi connectivity index (χ1n) is 3.38. The molecule has 0 spiro atoms. The minimum Gasteiger partial charge on any atom is -0.860 e. The maximum Gasteiger partial charge on any atom is 1.00 e. The number of rotatable bonds is 0. The van der Waals surface area contributed by atoms with Crippen LogP contribution in [0.5, 0.6) is 5.88 Å². The molecule has 0 unspecified atom stereocenters. The van der Waals surface area contributed by atoms with E-state index < -0.39 is 11.4 Å². The molecular weight excluding hydrogens is 179 g/mol. The molecule has 0 atom stereocenters. The van der Waals surface area contributed by atoms with Crippen LogP contribution >= 0.6 is 0 Å². The Bertz CT molecular complexity index is 417. The first kappa shape index (κ1) is 12.2. The van der Waals surface area contributed by atoms with Crippen LogP contribution < -0.4 is 40.2 Å². The monoisotopic (exact) mass is 186 g/mol. The molecule has 0 amide bonds. The predicted octanol–water partition coefficient (Wildman–Crippen LogP) is -3.06. The van der Waals surface area contributed by atoms with Crippen molar-refractivity contribution in [2.75, 3.05) is 0 Å². The third-order valence-corrected chi connectivity index (χ3v) is 1.84. The number of aromatic amines is 1. The molecule has 1 aromatic rings. The fourth-order valence-electron chi connectivity index (χ4n) is 0.922. The molecule has 1 rings (SSSR count). The van der Waals surface area contributed by atoms with Crippen molar-refractivity contribution >= 4 is 0 Å². The second kappa shape index (κ2) is 4.47. The predicted molar refractivity (Wildman–Crippen MR) is 40.7 cm³/mol. The van der Waals surface area contributed by atoms with Gasteiger partial charge in [0.2, 0.25) is 0 Å². The van der Waals surface area contributed by atoms with Crippen molar-refractivity contribution in [1.82, 2.24) is 4.98 Å². The van der Waals surface area contributed by atoms with Crippen LogP contribution in [0.1, 0.15) is 16.7 Å². The summed E-state index contributed by atoms with van der Waals surface area (Å²) in [7, 11) is 0. The summed E-state index contributed by atoms with van der Waals surface area (Å²) in [6.07, 6.45) is 0. The van der Waals surface area contributed by atoms with E-state index in [1.54, 1.807) is 19.9 Å². The summed E-state index contributed by atoms with van der Waals surface area (Å²) in [6, 6.07) is 1.75. The second-order valence-corrected chi connectivity index (χ2v) is 2.52. The molecule has 0 saturated heterocycles. The summed E-state index contributed by atoms with van der Waals surface area (Å²) in [5, 5.41) is 19.5. The Morgan fingerprint density at radius 1 is 1.38 bits per heavy atom. The molecule has 0 aliphatic heterocycles. The number of pyridine rings is 1. The quantitative estimate of drug-likeness (QED) is 0.437. The zero-order chi connectivity index (χ0) is 9.30. The summed E-state index contributed by atoms with van der Waals surface area (Å²) in [6.45, 7) is 3.17. The van der Waals surface area contributed by atoms with E-state index in [0.29, 0.717) is 11.1 Å². The smallest absolute Gasteiger partial charge is 0.860 e. The first-order valence-corrected chi connectivity index (χ1v) is 3.38. The first-order chi connectivity index (χ1) is 5.57. The van der Waals surface area contributed by atoms with E-state index in [2.05, 4.69) is 4.98 Å². The van der Waals surface area contributed by atoms with Crippen LogP contribution in [0.2, 0.25) is 0 Å². The van der Waals surface area contributed by atoms with Crippen LogP contribution in [0, 0.1) is 25.2 Å². The third kappa shape index (κ3) is 2.13. The third-order valence-electron chi connectivity index (χ3n) is 1.84. The summed E-state index contributed by atoms with van der Waals surface area (Å²) in [4.78, 5) is 13.0. The number of aromatic nitrogens is 1. The Morgan fingerprint density at radius 3 is 2.38 bits per heavy atom. The zero-order valence-corrected chi connectivity index (χ0v) is 9.76. The standard InChI is InChI=1S/C8H8N2O2.Na/c1-4-5(2)7(11)10-8(12)6(4)3-9;/h1-2H3,(H2,10,11,12);/q;+1/p-1. The van der Waals surface area contributed by atoms with Crippen LogP contribution in [-0.2, 0) is 0 Å². The number of nitriles is 1.